The van der Waals surface area contributed by atoms with Crippen LogP contribution in [0.25, 0.3) is 0 Å². The molecular weight excluding hydrogens is 232 g/mol. The lowest BCUT2D eigenvalue weighted by Gasteiger charge is -2.13. The van der Waals surface area contributed by atoms with Gasteiger partial charge in [-0.25, -0.2) is 9.97 Å². The first-order chi connectivity index (χ1) is 8.18. The van der Waals surface area contributed by atoms with Crippen LogP contribution in [0, 0.1) is 6.92 Å². The maximum Gasteiger partial charge on any atom is 0.115 e. The lowest BCUT2D eigenvalue weighted by atomic mass is 10.1. The van der Waals surface area contributed by atoms with Crippen molar-refractivity contribution in [3.63, 3.8) is 0 Å². The molecule has 0 atom stereocenters. The van der Waals surface area contributed by atoms with E-state index in [1.807, 2.05) is 25.1 Å². The van der Waals surface area contributed by atoms with Crippen LogP contribution in [0.2, 0.25) is 0 Å². The minimum Gasteiger partial charge on any atom is -0.389 e. The summed E-state index contributed by atoms with van der Waals surface area (Å²) in [4.78, 5) is 8.26. The predicted octanol–water partition coefficient (Wildman–Crippen LogP) is 2.16. The molecule has 0 aliphatic heterocycles. The van der Waals surface area contributed by atoms with Crippen molar-refractivity contribution >= 4 is 28.6 Å². The van der Waals surface area contributed by atoms with E-state index in [0.717, 1.165) is 22.5 Å². The third kappa shape index (κ3) is 2.57. The van der Waals surface area contributed by atoms with Crippen LogP contribution in [0.1, 0.15) is 11.1 Å². The molecule has 2 aromatic rings. The van der Waals surface area contributed by atoms with Gasteiger partial charge in [-0.15, -0.1) is 0 Å². The second-order valence-electron chi connectivity index (χ2n) is 3.61. The molecule has 1 heterocycles. The highest BCUT2D eigenvalue weighted by molar-refractivity contribution is 7.80. The van der Waals surface area contributed by atoms with Crippen molar-refractivity contribution in [3.8, 4) is 0 Å². The molecule has 5 heteroatoms. The largest absolute Gasteiger partial charge is 0.389 e. The Balaban J connectivity index is 2.41. The third-order valence-electron chi connectivity index (χ3n) is 2.37. The number of hydrogen-bond acceptors (Lipinski definition) is 4. The van der Waals surface area contributed by atoms with Crippen LogP contribution in [-0.2, 0) is 0 Å². The number of thiocarbonyl (C=S) groups is 1. The summed E-state index contributed by atoms with van der Waals surface area (Å²) in [6.45, 7) is 1.99. The first kappa shape index (κ1) is 11.5. The Kier molecular flexibility index (Phi) is 3.30. The number of aryl methyl sites for hydroxylation is 1. The fraction of sp³-hybridized carbons (Fsp3) is 0.0833. The van der Waals surface area contributed by atoms with Gasteiger partial charge in [0.05, 0.1) is 23.8 Å². The van der Waals surface area contributed by atoms with Crippen molar-refractivity contribution < 1.29 is 0 Å². The molecule has 0 spiro atoms. The van der Waals surface area contributed by atoms with Gasteiger partial charge < -0.3 is 11.1 Å². The number of benzene rings is 1. The van der Waals surface area contributed by atoms with E-state index in [1.165, 1.54) is 6.33 Å². The molecule has 0 amide bonds. The summed E-state index contributed by atoms with van der Waals surface area (Å²) in [5, 5.41) is 3.23. The van der Waals surface area contributed by atoms with Crippen molar-refractivity contribution in [2.75, 3.05) is 5.32 Å². The molecule has 0 aliphatic carbocycles. The topological polar surface area (TPSA) is 63.8 Å². The summed E-state index contributed by atoms with van der Waals surface area (Å²) in [6.07, 6.45) is 4.88. The molecule has 4 nitrogen and oxygen atoms in total. The molecular formula is C12H12N4S. The van der Waals surface area contributed by atoms with Crippen LogP contribution in [0.3, 0.4) is 0 Å². The average molecular weight is 244 g/mol. The number of hydrogen-bond donors (Lipinski definition) is 2. The number of para-hydroxylation sites is 1. The second kappa shape index (κ2) is 4.88. The van der Waals surface area contributed by atoms with Gasteiger partial charge in [0.15, 0.2) is 0 Å². The molecule has 0 saturated heterocycles. The summed E-state index contributed by atoms with van der Waals surface area (Å²) < 4.78 is 0. The Bertz CT molecular complexity index is 539. The summed E-state index contributed by atoms with van der Waals surface area (Å²) >= 11 is 5.03. The predicted molar refractivity (Wildman–Crippen MR) is 72.4 cm³/mol. The summed E-state index contributed by atoms with van der Waals surface area (Å²) in [5.74, 6) is 0. The van der Waals surface area contributed by atoms with Gasteiger partial charge in [0.2, 0.25) is 0 Å². The van der Waals surface area contributed by atoms with Crippen molar-refractivity contribution in [2.24, 2.45) is 5.73 Å². The SMILES string of the molecule is Cc1cccc(C(N)=S)c1Nc1cncnc1. The minimum absolute atomic E-state index is 0.369. The number of nitrogens with two attached hydrogens (primary N) is 1. The van der Waals surface area contributed by atoms with Crippen molar-refractivity contribution in [2.45, 2.75) is 6.92 Å². The Hall–Kier alpha value is -2.01. The lowest BCUT2D eigenvalue weighted by Crippen LogP contribution is -2.12. The number of anilines is 2. The maximum absolute atomic E-state index is 5.70. The van der Waals surface area contributed by atoms with E-state index in [2.05, 4.69) is 15.3 Å². The number of nitrogens with one attached hydrogen (secondary N) is 1. The zero-order valence-corrected chi connectivity index (χ0v) is 10.2. The molecule has 2 rings (SSSR count). The van der Waals surface area contributed by atoms with Gasteiger partial charge >= 0.3 is 0 Å². The minimum atomic E-state index is 0.369. The van der Waals surface area contributed by atoms with Crippen molar-refractivity contribution in [1.29, 1.82) is 0 Å². The molecule has 17 heavy (non-hydrogen) atoms. The van der Waals surface area contributed by atoms with Gasteiger partial charge in [-0.2, -0.15) is 0 Å². The first-order valence-electron chi connectivity index (χ1n) is 5.10. The zero-order chi connectivity index (χ0) is 12.3. The molecule has 86 valence electrons. The van der Waals surface area contributed by atoms with Gasteiger partial charge in [0.1, 0.15) is 11.3 Å². The van der Waals surface area contributed by atoms with E-state index in [4.69, 9.17) is 18.0 Å². The molecule has 0 fully saturated rings. The monoisotopic (exact) mass is 244 g/mol. The Morgan fingerprint density at radius 3 is 2.65 bits per heavy atom. The van der Waals surface area contributed by atoms with Crippen molar-refractivity contribution in [3.05, 3.63) is 48.0 Å². The standard InChI is InChI=1S/C12H12N4S/c1-8-3-2-4-10(12(13)17)11(8)16-9-5-14-7-15-6-9/h2-7,16H,1H3,(H2,13,17). The Morgan fingerprint density at radius 2 is 2.00 bits per heavy atom. The van der Waals surface area contributed by atoms with Crippen LogP contribution in [0.5, 0.6) is 0 Å². The third-order valence-corrected chi connectivity index (χ3v) is 2.59. The highest BCUT2D eigenvalue weighted by Crippen LogP contribution is 2.24. The highest BCUT2D eigenvalue weighted by atomic mass is 32.1. The molecule has 1 aromatic carbocycles. The van der Waals surface area contributed by atoms with Gasteiger partial charge in [0.25, 0.3) is 0 Å². The van der Waals surface area contributed by atoms with Gasteiger partial charge in [0, 0.05) is 5.56 Å². The van der Waals surface area contributed by atoms with Crippen LogP contribution in [0.15, 0.2) is 36.9 Å². The van der Waals surface area contributed by atoms with E-state index in [-0.39, 0.29) is 0 Å². The molecule has 0 aliphatic rings. The zero-order valence-electron chi connectivity index (χ0n) is 9.34. The maximum atomic E-state index is 5.70. The van der Waals surface area contributed by atoms with Gasteiger partial charge in [-0.05, 0) is 18.6 Å². The quantitative estimate of drug-likeness (QED) is 0.810. The first-order valence-corrected chi connectivity index (χ1v) is 5.51. The highest BCUT2D eigenvalue weighted by Gasteiger charge is 2.08. The van der Waals surface area contributed by atoms with E-state index >= 15 is 0 Å². The fourth-order valence-electron chi connectivity index (χ4n) is 1.55. The van der Waals surface area contributed by atoms with Gasteiger partial charge in [-0.3, -0.25) is 0 Å². The van der Waals surface area contributed by atoms with Crippen molar-refractivity contribution in [1.82, 2.24) is 9.97 Å². The Morgan fingerprint density at radius 1 is 1.29 bits per heavy atom. The molecule has 3 N–H and O–H groups in total. The van der Waals surface area contributed by atoms with E-state index in [9.17, 15) is 0 Å². The molecule has 0 bridgehead atoms. The molecule has 0 radical (unpaired) electrons. The van der Waals surface area contributed by atoms with E-state index in [0.29, 0.717) is 4.99 Å². The van der Waals surface area contributed by atoms with E-state index in [1.54, 1.807) is 12.4 Å². The number of aromatic nitrogens is 2. The van der Waals surface area contributed by atoms with Gasteiger partial charge in [-0.1, -0.05) is 24.4 Å². The average Bonchev–Trinajstić information content (AvgIpc) is 2.33. The second-order valence-corrected chi connectivity index (χ2v) is 4.05. The van der Waals surface area contributed by atoms with Crippen LogP contribution < -0.4 is 11.1 Å². The van der Waals surface area contributed by atoms with Crippen LogP contribution >= 0.6 is 12.2 Å². The van der Waals surface area contributed by atoms with Crippen LogP contribution in [-0.4, -0.2) is 15.0 Å². The number of rotatable bonds is 3. The molecule has 1 aromatic heterocycles. The Labute approximate surface area is 105 Å². The van der Waals surface area contributed by atoms with E-state index < -0.39 is 0 Å². The molecule has 0 saturated carbocycles. The lowest BCUT2D eigenvalue weighted by molar-refractivity contribution is 1.17. The van der Waals surface area contributed by atoms with Crippen LogP contribution in [0.4, 0.5) is 11.4 Å². The normalized spacial score (nSPS) is 9.94. The smallest absolute Gasteiger partial charge is 0.115 e. The molecule has 0 unspecified atom stereocenters. The fourth-order valence-corrected chi connectivity index (χ4v) is 1.72. The summed E-state index contributed by atoms with van der Waals surface area (Å²) in [6, 6.07) is 5.81. The summed E-state index contributed by atoms with van der Waals surface area (Å²) in [5.41, 5.74) is 9.29. The summed E-state index contributed by atoms with van der Waals surface area (Å²) in [7, 11) is 0. The number of nitrogens with zero attached hydrogens (tertiary/aromatic N) is 2.